The van der Waals surface area contributed by atoms with Crippen molar-refractivity contribution in [3.63, 3.8) is 0 Å². The Morgan fingerprint density at radius 2 is 1.48 bits per heavy atom. The van der Waals surface area contributed by atoms with Crippen molar-refractivity contribution in [3.8, 4) is 0 Å². The lowest BCUT2D eigenvalue weighted by atomic mass is 9.99. The average molecular weight is 382 g/mol. The van der Waals surface area contributed by atoms with Crippen molar-refractivity contribution in [1.29, 1.82) is 0 Å². The summed E-state index contributed by atoms with van der Waals surface area (Å²) in [5, 5.41) is 3.11. The minimum Gasteiger partial charge on any atom is -0.462 e. The van der Waals surface area contributed by atoms with Crippen molar-refractivity contribution in [2.75, 3.05) is 0 Å². The maximum absolute atomic E-state index is 11.3. The number of esters is 1. The number of carbonyl (C=O) groups is 2. The third-order valence-electron chi connectivity index (χ3n) is 4.78. The molecule has 0 saturated heterocycles. The predicted octanol–water partition coefficient (Wildman–Crippen LogP) is 6.29. The minimum absolute atomic E-state index is 0.0494. The molecule has 0 heterocycles. The van der Waals surface area contributed by atoms with Crippen molar-refractivity contribution in [3.05, 3.63) is 17.6 Å². The van der Waals surface area contributed by atoms with Crippen molar-refractivity contribution >= 4 is 11.8 Å². The fraction of sp³-hybridized carbons (Fsp3) is 0.818. The van der Waals surface area contributed by atoms with Crippen LogP contribution in [0.1, 0.15) is 104 Å². The lowest BCUT2D eigenvalue weighted by Gasteiger charge is -2.19. The van der Waals surface area contributed by atoms with Crippen molar-refractivity contribution in [2.24, 2.45) is 5.18 Å². The molecule has 27 heavy (non-hydrogen) atoms. The fourth-order valence-corrected chi connectivity index (χ4v) is 3.24. The SMILES string of the molecule is C=CCCCCCCCCCCCC(CC(CCC(C)=O)N=O)OC(C)=O. The number of hydrogen-bond donors (Lipinski definition) is 0. The lowest BCUT2D eigenvalue weighted by Crippen LogP contribution is -2.22. The Kier molecular flexibility index (Phi) is 16.9. The second kappa shape index (κ2) is 17.9. The van der Waals surface area contributed by atoms with Gasteiger partial charge in [0.1, 0.15) is 11.9 Å². The van der Waals surface area contributed by atoms with E-state index in [4.69, 9.17) is 4.74 Å². The van der Waals surface area contributed by atoms with E-state index in [1.165, 1.54) is 58.8 Å². The fourth-order valence-electron chi connectivity index (χ4n) is 3.24. The molecule has 0 aliphatic heterocycles. The maximum atomic E-state index is 11.3. The molecular formula is C22H39NO4. The molecule has 0 saturated carbocycles. The summed E-state index contributed by atoms with van der Waals surface area (Å²) in [4.78, 5) is 33.4. The molecule has 5 heteroatoms. The molecule has 0 fully saturated rings. The number of nitroso groups, excluding NO2 is 1. The van der Waals surface area contributed by atoms with Crippen molar-refractivity contribution in [2.45, 2.75) is 116 Å². The van der Waals surface area contributed by atoms with Gasteiger partial charge in [0.2, 0.25) is 0 Å². The van der Waals surface area contributed by atoms with E-state index in [9.17, 15) is 14.5 Å². The summed E-state index contributed by atoms with van der Waals surface area (Å²) >= 11 is 0. The van der Waals surface area contributed by atoms with Gasteiger partial charge in [-0.15, -0.1) is 6.58 Å². The highest BCUT2D eigenvalue weighted by molar-refractivity contribution is 5.75. The first kappa shape index (κ1) is 25.5. The van der Waals surface area contributed by atoms with Gasteiger partial charge in [-0.05, 0) is 39.0 Å². The number of carbonyl (C=O) groups excluding carboxylic acids is 2. The van der Waals surface area contributed by atoms with Gasteiger partial charge in [0.25, 0.3) is 0 Å². The zero-order valence-electron chi connectivity index (χ0n) is 17.4. The number of nitrogens with zero attached hydrogens (tertiary/aromatic N) is 1. The zero-order chi connectivity index (χ0) is 20.3. The molecule has 0 aromatic rings. The van der Waals surface area contributed by atoms with Gasteiger partial charge < -0.3 is 9.53 Å². The Morgan fingerprint density at radius 1 is 0.926 bits per heavy atom. The topological polar surface area (TPSA) is 72.8 Å². The largest absolute Gasteiger partial charge is 0.462 e. The van der Waals surface area contributed by atoms with E-state index in [0.717, 1.165) is 25.7 Å². The highest BCUT2D eigenvalue weighted by Crippen LogP contribution is 2.19. The summed E-state index contributed by atoms with van der Waals surface area (Å²) in [6, 6.07) is -0.459. The molecule has 0 amide bonds. The summed E-state index contributed by atoms with van der Waals surface area (Å²) in [6.07, 6.45) is 15.8. The summed E-state index contributed by atoms with van der Waals surface area (Å²) in [5.74, 6) is -0.277. The molecule has 5 nitrogen and oxygen atoms in total. The molecule has 0 aromatic heterocycles. The van der Waals surface area contributed by atoms with E-state index in [2.05, 4.69) is 11.8 Å². The first-order chi connectivity index (χ1) is 13.0. The summed E-state index contributed by atoms with van der Waals surface area (Å²) in [7, 11) is 0. The molecule has 0 aromatic carbocycles. The van der Waals surface area contributed by atoms with Crippen LogP contribution in [-0.2, 0) is 14.3 Å². The molecule has 0 rings (SSSR count). The summed E-state index contributed by atoms with van der Waals surface area (Å²) < 4.78 is 5.35. The van der Waals surface area contributed by atoms with Crippen LogP contribution in [0.3, 0.4) is 0 Å². The van der Waals surface area contributed by atoms with E-state index < -0.39 is 6.04 Å². The smallest absolute Gasteiger partial charge is 0.302 e. The van der Waals surface area contributed by atoms with Gasteiger partial charge in [0, 0.05) is 19.8 Å². The standard InChI is InChI=1S/C22H39NO4/c1-4-5-6-7-8-9-10-11-12-13-14-15-22(27-20(3)25)18-21(23-26)17-16-19(2)24/h4,21-22H,1,5-18H2,2-3H3. The Bertz CT molecular complexity index is 423. The molecule has 0 aliphatic rings. The number of Topliss-reactive ketones (excluding diaryl/α,β-unsaturated/α-hetero) is 1. The summed E-state index contributed by atoms with van der Waals surface area (Å²) in [6.45, 7) is 6.64. The highest BCUT2D eigenvalue weighted by Gasteiger charge is 2.20. The van der Waals surface area contributed by atoms with E-state index in [1.807, 2.05) is 6.08 Å². The van der Waals surface area contributed by atoms with Crippen LogP contribution in [0, 0.1) is 4.91 Å². The molecule has 2 atom stereocenters. The Balaban J connectivity index is 3.90. The highest BCUT2D eigenvalue weighted by atomic mass is 16.5. The molecule has 156 valence electrons. The first-order valence-electron chi connectivity index (χ1n) is 10.6. The molecule has 0 radical (unpaired) electrons. The number of ether oxygens (including phenoxy) is 1. The Morgan fingerprint density at radius 3 is 1.96 bits per heavy atom. The third kappa shape index (κ3) is 17.6. The summed E-state index contributed by atoms with van der Waals surface area (Å²) in [5.41, 5.74) is 0. The molecule has 0 N–H and O–H groups in total. The molecule has 0 bridgehead atoms. The van der Waals surface area contributed by atoms with Crippen LogP contribution in [0.25, 0.3) is 0 Å². The predicted molar refractivity (Wildman–Crippen MR) is 111 cm³/mol. The maximum Gasteiger partial charge on any atom is 0.302 e. The van der Waals surface area contributed by atoms with Crippen LogP contribution in [0.15, 0.2) is 17.8 Å². The Labute approximate surface area is 165 Å². The van der Waals surface area contributed by atoms with Gasteiger partial charge in [-0.1, -0.05) is 56.2 Å². The number of hydrogen-bond acceptors (Lipinski definition) is 5. The van der Waals surface area contributed by atoms with E-state index in [0.29, 0.717) is 19.3 Å². The van der Waals surface area contributed by atoms with Gasteiger partial charge in [-0.25, -0.2) is 0 Å². The zero-order valence-corrected chi connectivity index (χ0v) is 17.4. The molecule has 0 aliphatic carbocycles. The minimum atomic E-state index is -0.459. The van der Waals surface area contributed by atoms with Crippen molar-refractivity contribution < 1.29 is 14.3 Å². The van der Waals surface area contributed by atoms with Crippen LogP contribution >= 0.6 is 0 Å². The Hall–Kier alpha value is -1.52. The third-order valence-corrected chi connectivity index (χ3v) is 4.78. The second-order valence-electron chi connectivity index (χ2n) is 7.52. The van der Waals surface area contributed by atoms with Gasteiger partial charge in [0.05, 0.1) is 6.04 Å². The van der Waals surface area contributed by atoms with Gasteiger partial charge in [0.15, 0.2) is 0 Å². The van der Waals surface area contributed by atoms with Crippen LogP contribution in [-0.4, -0.2) is 23.9 Å². The number of ketones is 1. The number of allylic oxidation sites excluding steroid dienone is 1. The molecule has 2 unspecified atom stereocenters. The van der Waals surface area contributed by atoms with Crippen LogP contribution in [0.4, 0.5) is 0 Å². The molecular weight excluding hydrogens is 342 g/mol. The first-order valence-corrected chi connectivity index (χ1v) is 10.6. The van der Waals surface area contributed by atoms with Gasteiger partial charge >= 0.3 is 5.97 Å². The average Bonchev–Trinajstić information content (AvgIpc) is 2.62. The van der Waals surface area contributed by atoms with Crippen LogP contribution in [0.2, 0.25) is 0 Å². The van der Waals surface area contributed by atoms with Gasteiger partial charge in [-0.3, -0.25) is 4.79 Å². The van der Waals surface area contributed by atoms with E-state index in [1.54, 1.807) is 0 Å². The van der Waals surface area contributed by atoms with Crippen LogP contribution in [0.5, 0.6) is 0 Å². The van der Waals surface area contributed by atoms with E-state index in [-0.39, 0.29) is 17.9 Å². The van der Waals surface area contributed by atoms with Gasteiger partial charge in [-0.2, -0.15) is 4.91 Å². The monoisotopic (exact) mass is 381 g/mol. The number of unbranched alkanes of at least 4 members (excludes halogenated alkanes) is 9. The normalized spacial score (nSPS) is 13.0. The molecule has 0 spiro atoms. The number of rotatable bonds is 19. The van der Waals surface area contributed by atoms with Crippen LogP contribution < -0.4 is 0 Å². The lowest BCUT2D eigenvalue weighted by molar-refractivity contribution is -0.147. The van der Waals surface area contributed by atoms with E-state index >= 15 is 0 Å². The second-order valence-corrected chi connectivity index (χ2v) is 7.52. The van der Waals surface area contributed by atoms with Crippen molar-refractivity contribution in [1.82, 2.24) is 0 Å². The quantitative estimate of drug-likeness (QED) is 0.114.